The van der Waals surface area contributed by atoms with E-state index in [9.17, 15) is 34.3 Å². The Hall–Kier alpha value is -3.78. The normalized spacial score (nSPS) is 19.9. The first-order valence-electron chi connectivity index (χ1n) is 12.3. The molecule has 4 atom stereocenters. The van der Waals surface area contributed by atoms with Crippen LogP contribution in [-0.4, -0.2) is 96.9 Å². The van der Waals surface area contributed by atoms with Crippen LogP contribution in [0, 0.1) is 15.9 Å². The highest BCUT2D eigenvalue weighted by Gasteiger charge is 2.47. The average Bonchev–Trinajstić information content (AvgIpc) is 3.53. The summed E-state index contributed by atoms with van der Waals surface area (Å²) < 4.78 is 26.3. The first-order chi connectivity index (χ1) is 20.2. The van der Waals surface area contributed by atoms with E-state index in [-0.39, 0.29) is 36.7 Å². The molecule has 2 aromatic heterocycles. The molecule has 1 aromatic carbocycles. The average molecular weight is 628 g/mol. The number of aliphatic hydroxyl groups is 2. The number of benzene rings is 1. The van der Waals surface area contributed by atoms with E-state index in [1.807, 2.05) is 0 Å². The minimum atomic E-state index is -1.52. The predicted octanol–water partition coefficient (Wildman–Crippen LogP) is 1.06. The highest BCUT2D eigenvalue weighted by atomic mass is 33.1. The summed E-state index contributed by atoms with van der Waals surface area (Å²) in [5.74, 6) is -0.406. The Morgan fingerprint density at radius 2 is 1.98 bits per heavy atom. The van der Waals surface area contributed by atoms with Gasteiger partial charge in [-0.05, 0) is 17.7 Å². The number of aromatic nitrogens is 4. The number of likely N-dealkylation sites (N-methyl/N-ethyl adjacent to an activating group) is 1. The number of hydrogen-bond acceptors (Lipinski definition) is 14. The summed E-state index contributed by atoms with van der Waals surface area (Å²) in [5.41, 5.74) is 0.657. The van der Waals surface area contributed by atoms with Crippen LogP contribution in [0.3, 0.4) is 0 Å². The van der Waals surface area contributed by atoms with Crippen molar-refractivity contribution in [2.45, 2.75) is 31.1 Å². The molecule has 0 unspecified atom stereocenters. The van der Waals surface area contributed by atoms with Crippen molar-refractivity contribution in [1.29, 1.82) is 0 Å². The summed E-state index contributed by atoms with van der Waals surface area (Å²) in [6.45, 7) is -0.234. The number of carbonyl (C=O) groups is 2. The monoisotopic (exact) mass is 627 g/mol. The van der Waals surface area contributed by atoms with Crippen molar-refractivity contribution in [3.8, 4) is 0 Å². The van der Waals surface area contributed by atoms with Crippen molar-refractivity contribution in [2.75, 3.05) is 36.7 Å². The number of carbonyl (C=O) groups excluding carboxylic acids is 2. The molecule has 1 saturated heterocycles. The molecule has 3 heterocycles. The fraction of sp³-hybridized carbons (Fsp3) is 0.435. The largest absolute Gasteiger partial charge is 0.448 e. The van der Waals surface area contributed by atoms with Crippen molar-refractivity contribution in [2.24, 2.45) is 0 Å². The van der Waals surface area contributed by atoms with Crippen molar-refractivity contribution in [3.05, 3.63) is 58.4 Å². The molecular formula is C23H26FN7O9S2. The molecule has 4 rings (SSSR count). The highest BCUT2D eigenvalue weighted by molar-refractivity contribution is 8.76. The second-order valence-electron chi connectivity index (χ2n) is 8.60. The van der Waals surface area contributed by atoms with Gasteiger partial charge in [0.2, 0.25) is 0 Å². The zero-order valence-electron chi connectivity index (χ0n) is 21.9. The summed E-state index contributed by atoms with van der Waals surface area (Å²) in [4.78, 5) is 53.6. The lowest BCUT2D eigenvalue weighted by Gasteiger charge is -2.22. The Balaban J connectivity index is 1.54. The minimum Gasteiger partial charge on any atom is -0.448 e. The van der Waals surface area contributed by atoms with Crippen LogP contribution in [0.2, 0.25) is 0 Å². The van der Waals surface area contributed by atoms with E-state index in [4.69, 9.17) is 9.47 Å². The van der Waals surface area contributed by atoms with Gasteiger partial charge in [0.1, 0.15) is 37.6 Å². The molecule has 1 aliphatic rings. The van der Waals surface area contributed by atoms with Crippen LogP contribution in [0.4, 0.5) is 15.0 Å². The Morgan fingerprint density at radius 3 is 2.69 bits per heavy atom. The van der Waals surface area contributed by atoms with Crippen LogP contribution in [0.15, 0.2) is 36.9 Å². The van der Waals surface area contributed by atoms with Crippen molar-refractivity contribution in [3.63, 3.8) is 0 Å². The number of rotatable bonds is 13. The van der Waals surface area contributed by atoms with E-state index in [0.29, 0.717) is 17.1 Å². The number of ether oxygens (including phenoxy) is 2. The number of fused-ring (bicyclic) bond motifs is 1. The van der Waals surface area contributed by atoms with E-state index in [2.05, 4.69) is 25.1 Å². The zero-order valence-corrected chi connectivity index (χ0v) is 23.6. The summed E-state index contributed by atoms with van der Waals surface area (Å²) in [7, 11) is 4.00. The molecular weight excluding hydrogens is 601 g/mol. The molecule has 0 radical (unpaired) electrons. The smallest absolute Gasteiger partial charge is 0.415 e. The third-order valence-corrected chi connectivity index (χ3v) is 8.23. The summed E-state index contributed by atoms with van der Waals surface area (Å²) in [6.07, 6.45) is -4.01. The van der Waals surface area contributed by atoms with Gasteiger partial charge in [0.25, 0.3) is 11.0 Å². The molecule has 0 saturated carbocycles. The maximum Gasteiger partial charge on any atom is 0.415 e. The molecule has 0 spiro atoms. The molecule has 226 valence electrons. The Labute approximate surface area is 245 Å². The molecule has 19 heteroatoms. The van der Waals surface area contributed by atoms with Gasteiger partial charge in [0.05, 0.1) is 12.9 Å². The Bertz CT molecular complexity index is 1420. The molecule has 2 amide bonds. The third-order valence-electron chi connectivity index (χ3n) is 5.90. The van der Waals surface area contributed by atoms with Gasteiger partial charge in [-0.3, -0.25) is 14.3 Å². The van der Waals surface area contributed by atoms with Gasteiger partial charge in [-0.15, -0.1) is 10.1 Å². The fourth-order valence-corrected chi connectivity index (χ4v) is 5.66. The van der Waals surface area contributed by atoms with Gasteiger partial charge >= 0.3 is 6.09 Å². The van der Waals surface area contributed by atoms with Gasteiger partial charge in [-0.1, -0.05) is 33.7 Å². The number of halogens is 1. The zero-order chi connectivity index (χ0) is 30.2. The van der Waals surface area contributed by atoms with Crippen LogP contribution in [0.25, 0.3) is 11.2 Å². The second-order valence-corrected chi connectivity index (χ2v) is 11.3. The van der Waals surface area contributed by atoms with Gasteiger partial charge in [-0.25, -0.2) is 24.1 Å². The second kappa shape index (κ2) is 14.4. The summed E-state index contributed by atoms with van der Waals surface area (Å²) in [6, 6.07) is 5.61. The molecule has 16 nitrogen and oxygen atoms in total. The number of aliphatic hydroxyl groups excluding tert-OH is 2. The molecule has 1 aliphatic heterocycles. The summed E-state index contributed by atoms with van der Waals surface area (Å²) in [5, 5.41) is 32.6. The quantitative estimate of drug-likeness (QED) is 0.105. The number of imidazole rings is 1. The summed E-state index contributed by atoms with van der Waals surface area (Å²) >= 11 is 0. The SMILES string of the molecule is CNC(=O)[C@H]1O[C@@H](n2cnc3c(N(Cc4cccc(F)c4)C(=O)OCCSSCCO[N+](=O)[O-])ncnc32)[C@H](O)[C@@H]1O. The van der Waals surface area contributed by atoms with Gasteiger partial charge in [0, 0.05) is 18.6 Å². The minimum absolute atomic E-state index is 0.0165. The van der Waals surface area contributed by atoms with Crippen molar-refractivity contribution in [1.82, 2.24) is 24.8 Å². The standard InChI is InChI=1S/C23H26FN7O9S2/c1-25-21(34)18-16(32)17(33)22(40-18)30-12-28-15-19(26-11-27-20(15)30)29(10-13-3-2-4-14(24)9-13)23(35)38-5-7-41-42-8-6-39-31(36)37/h2-4,9,11-12,16-18,22,32-33H,5-8,10H2,1H3,(H,25,34)/t16-,17+,18-,22+/m0/s1. The van der Waals surface area contributed by atoms with E-state index >= 15 is 0 Å². The van der Waals surface area contributed by atoms with Crippen LogP contribution in [-0.2, 0) is 25.7 Å². The number of nitrogens with one attached hydrogen (secondary N) is 1. The van der Waals surface area contributed by atoms with Crippen molar-refractivity contribution < 1.29 is 43.6 Å². The number of nitrogens with zero attached hydrogens (tertiary/aromatic N) is 6. The molecule has 0 aliphatic carbocycles. The lowest BCUT2D eigenvalue weighted by molar-refractivity contribution is -0.756. The van der Waals surface area contributed by atoms with Gasteiger partial charge in [-0.2, -0.15) is 0 Å². The fourth-order valence-electron chi connectivity index (χ4n) is 4.02. The molecule has 0 bridgehead atoms. The Morgan fingerprint density at radius 1 is 1.21 bits per heavy atom. The van der Waals surface area contributed by atoms with Crippen LogP contribution in [0.1, 0.15) is 11.8 Å². The third kappa shape index (κ3) is 7.34. The first kappa shape index (κ1) is 31.2. The maximum atomic E-state index is 13.9. The predicted molar refractivity (Wildman–Crippen MR) is 147 cm³/mol. The van der Waals surface area contributed by atoms with Gasteiger partial charge < -0.3 is 29.8 Å². The Kier molecular flexibility index (Phi) is 10.7. The number of hydrogen-bond donors (Lipinski definition) is 3. The van der Waals surface area contributed by atoms with Crippen LogP contribution >= 0.6 is 21.6 Å². The van der Waals surface area contributed by atoms with Gasteiger partial charge in [0.15, 0.2) is 29.3 Å². The topological polar surface area (TPSA) is 204 Å². The van der Waals surface area contributed by atoms with E-state index < -0.39 is 47.4 Å². The van der Waals surface area contributed by atoms with E-state index in [0.717, 1.165) is 11.2 Å². The highest BCUT2D eigenvalue weighted by Crippen LogP contribution is 2.33. The number of anilines is 1. The maximum absolute atomic E-state index is 13.9. The molecule has 3 N–H and O–H groups in total. The van der Waals surface area contributed by atoms with Crippen LogP contribution < -0.4 is 10.2 Å². The van der Waals surface area contributed by atoms with E-state index in [1.165, 1.54) is 57.7 Å². The molecule has 3 aromatic rings. The van der Waals surface area contributed by atoms with Crippen LogP contribution in [0.5, 0.6) is 0 Å². The molecule has 42 heavy (non-hydrogen) atoms. The lowest BCUT2D eigenvalue weighted by Crippen LogP contribution is -2.41. The first-order valence-corrected chi connectivity index (χ1v) is 14.8. The molecule has 1 fully saturated rings. The van der Waals surface area contributed by atoms with Crippen molar-refractivity contribution >= 4 is 50.6 Å². The number of amides is 2. The lowest BCUT2D eigenvalue weighted by atomic mass is 10.1. The van der Waals surface area contributed by atoms with E-state index in [1.54, 1.807) is 6.07 Å².